The second-order valence-electron chi connectivity index (χ2n) is 2.99. The zero-order valence-electron chi connectivity index (χ0n) is 9.33. The number of nitrogens with one attached hydrogen (secondary N) is 1. The van der Waals surface area contributed by atoms with Crippen molar-refractivity contribution in [1.82, 2.24) is 5.32 Å². The van der Waals surface area contributed by atoms with E-state index in [1.54, 1.807) is 0 Å². The lowest BCUT2D eigenvalue weighted by Crippen LogP contribution is -2.26. The number of carbonyl (C=O) groups is 1. The van der Waals surface area contributed by atoms with Gasteiger partial charge in [-0.15, -0.1) is 0 Å². The van der Waals surface area contributed by atoms with E-state index < -0.39 is 0 Å². The minimum Gasteiger partial charge on any atom is -0.394 e. The maximum Gasteiger partial charge on any atom is 0.222 e. The van der Waals surface area contributed by atoms with Crippen LogP contribution >= 0.6 is 0 Å². The molecule has 0 aromatic heterocycles. The molecule has 0 aromatic carbocycles. The largest absolute Gasteiger partial charge is 0.394 e. The van der Waals surface area contributed by atoms with Crippen LogP contribution in [0.5, 0.6) is 0 Å². The fourth-order valence-corrected chi connectivity index (χ4v) is 0.966. The first-order valence-electron chi connectivity index (χ1n) is 5.34. The summed E-state index contributed by atoms with van der Waals surface area (Å²) in [6.07, 6.45) is 1.17. The molecule has 0 heterocycles. The van der Waals surface area contributed by atoms with Crippen molar-refractivity contribution in [1.29, 1.82) is 0 Å². The van der Waals surface area contributed by atoms with Gasteiger partial charge in [-0.2, -0.15) is 0 Å². The van der Waals surface area contributed by atoms with Gasteiger partial charge in [-0.25, -0.2) is 0 Å². The number of hydrogen-bond acceptors (Lipinski definition) is 4. The van der Waals surface area contributed by atoms with Gasteiger partial charge in [-0.05, 0) is 13.3 Å². The molecule has 0 aliphatic carbocycles. The third-order valence-corrected chi connectivity index (χ3v) is 1.70. The highest BCUT2D eigenvalue weighted by Gasteiger charge is 1.99. The van der Waals surface area contributed by atoms with E-state index in [2.05, 4.69) is 5.32 Å². The molecule has 90 valence electrons. The Hall–Kier alpha value is -0.650. The van der Waals surface area contributed by atoms with Crippen molar-refractivity contribution in [3.05, 3.63) is 0 Å². The second-order valence-corrected chi connectivity index (χ2v) is 2.99. The van der Waals surface area contributed by atoms with Gasteiger partial charge in [0.1, 0.15) is 0 Å². The van der Waals surface area contributed by atoms with Crippen molar-refractivity contribution in [2.24, 2.45) is 0 Å². The van der Waals surface area contributed by atoms with Crippen molar-refractivity contribution < 1.29 is 19.4 Å². The van der Waals surface area contributed by atoms with Gasteiger partial charge in [0, 0.05) is 26.2 Å². The van der Waals surface area contributed by atoms with Crippen LogP contribution in [-0.2, 0) is 14.3 Å². The monoisotopic (exact) mass is 219 g/mol. The summed E-state index contributed by atoms with van der Waals surface area (Å²) in [7, 11) is 0. The summed E-state index contributed by atoms with van der Waals surface area (Å²) in [5, 5.41) is 11.2. The van der Waals surface area contributed by atoms with E-state index in [1.165, 1.54) is 0 Å². The number of aliphatic hydroxyl groups is 1. The minimum absolute atomic E-state index is 0.00519. The molecule has 0 unspecified atom stereocenters. The van der Waals surface area contributed by atoms with Gasteiger partial charge in [0.15, 0.2) is 0 Å². The summed E-state index contributed by atoms with van der Waals surface area (Å²) >= 11 is 0. The third-order valence-electron chi connectivity index (χ3n) is 1.70. The molecule has 0 rings (SSSR count). The van der Waals surface area contributed by atoms with E-state index in [1.807, 2.05) is 6.92 Å². The molecule has 2 N–H and O–H groups in total. The number of amides is 1. The summed E-state index contributed by atoms with van der Waals surface area (Å²) in [6, 6.07) is 0. The Morgan fingerprint density at radius 1 is 1.27 bits per heavy atom. The maximum absolute atomic E-state index is 11.1. The number of rotatable bonds is 10. The summed E-state index contributed by atoms with van der Waals surface area (Å²) in [6.45, 7) is 4.59. The number of carbonyl (C=O) groups excluding carboxylic acids is 1. The Morgan fingerprint density at radius 2 is 2.07 bits per heavy atom. The van der Waals surface area contributed by atoms with Crippen molar-refractivity contribution in [3.8, 4) is 0 Å². The zero-order valence-corrected chi connectivity index (χ0v) is 9.33. The van der Waals surface area contributed by atoms with Gasteiger partial charge in [-0.1, -0.05) is 0 Å². The Kier molecular flexibility index (Phi) is 10.9. The van der Waals surface area contributed by atoms with Crippen LogP contribution in [0.3, 0.4) is 0 Å². The van der Waals surface area contributed by atoms with Crippen LogP contribution in [0.4, 0.5) is 0 Å². The van der Waals surface area contributed by atoms with E-state index >= 15 is 0 Å². The van der Waals surface area contributed by atoms with E-state index in [-0.39, 0.29) is 12.5 Å². The molecule has 0 saturated carbocycles. The number of ether oxygens (including phenoxy) is 2. The van der Waals surface area contributed by atoms with Gasteiger partial charge in [0.25, 0.3) is 0 Å². The molecule has 0 aliphatic rings. The van der Waals surface area contributed by atoms with E-state index in [0.29, 0.717) is 39.4 Å². The van der Waals surface area contributed by atoms with E-state index in [9.17, 15) is 4.79 Å². The van der Waals surface area contributed by atoms with Crippen molar-refractivity contribution in [2.75, 3.05) is 39.6 Å². The molecule has 0 aliphatic heterocycles. The van der Waals surface area contributed by atoms with Crippen LogP contribution in [0.25, 0.3) is 0 Å². The molecule has 1 amide bonds. The molecule has 0 spiro atoms. The average molecular weight is 219 g/mol. The topological polar surface area (TPSA) is 67.8 Å². The zero-order chi connectivity index (χ0) is 11.4. The Labute approximate surface area is 90.8 Å². The SMILES string of the molecule is CCOCCC(=O)NCCCOCCO. The Bertz CT molecular complexity index is 152. The van der Waals surface area contributed by atoms with Crippen LogP contribution in [0.2, 0.25) is 0 Å². The molecule has 15 heavy (non-hydrogen) atoms. The molecule has 0 bridgehead atoms. The van der Waals surface area contributed by atoms with E-state index in [0.717, 1.165) is 6.42 Å². The summed E-state index contributed by atoms with van der Waals surface area (Å²) in [5.41, 5.74) is 0. The third kappa shape index (κ3) is 11.3. The van der Waals surface area contributed by atoms with E-state index in [4.69, 9.17) is 14.6 Å². The first kappa shape index (κ1) is 14.3. The van der Waals surface area contributed by atoms with Crippen molar-refractivity contribution in [2.45, 2.75) is 19.8 Å². The first-order valence-corrected chi connectivity index (χ1v) is 5.34. The molecular formula is C10H21NO4. The first-order chi connectivity index (χ1) is 7.31. The van der Waals surface area contributed by atoms with Gasteiger partial charge >= 0.3 is 0 Å². The lowest BCUT2D eigenvalue weighted by molar-refractivity contribution is -0.122. The molecular weight excluding hydrogens is 198 g/mol. The molecule has 0 radical (unpaired) electrons. The molecule has 0 aromatic rings. The predicted molar refractivity (Wildman–Crippen MR) is 56.6 cm³/mol. The number of hydrogen-bond donors (Lipinski definition) is 2. The fourth-order valence-electron chi connectivity index (χ4n) is 0.966. The van der Waals surface area contributed by atoms with Gasteiger partial charge < -0.3 is 19.9 Å². The fraction of sp³-hybridized carbons (Fsp3) is 0.900. The molecule has 5 nitrogen and oxygen atoms in total. The molecule has 0 atom stereocenters. The summed E-state index contributed by atoms with van der Waals surface area (Å²) < 4.78 is 10.1. The minimum atomic E-state index is 0.00519. The van der Waals surface area contributed by atoms with Gasteiger partial charge in [0.2, 0.25) is 5.91 Å². The number of aliphatic hydroxyl groups excluding tert-OH is 1. The van der Waals surface area contributed by atoms with Gasteiger partial charge in [0.05, 0.1) is 19.8 Å². The lowest BCUT2D eigenvalue weighted by atomic mass is 10.4. The smallest absolute Gasteiger partial charge is 0.222 e. The normalized spacial score (nSPS) is 10.3. The highest BCUT2D eigenvalue weighted by Crippen LogP contribution is 1.85. The van der Waals surface area contributed by atoms with Gasteiger partial charge in [-0.3, -0.25) is 4.79 Å². The highest BCUT2D eigenvalue weighted by atomic mass is 16.5. The molecule has 0 fully saturated rings. The standard InChI is InChI=1S/C10H21NO4/c1-2-14-8-4-10(13)11-5-3-7-15-9-6-12/h12H,2-9H2,1H3,(H,11,13). The predicted octanol–water partition coefficient (Wildman–Crippen LogP) is -0.0718. The van der Waals surface area contributed by atoms with Crippen LogP contribution in [0.1, 0.15) is 19.8 Å². The lowest BCUT2D eigenvalue weighted by Gasteiger charge is -2.05. The second kappa shape index (κ2) is 11.4. The molecule has 5 heteroatoms. The Balaban J connectivity index is 3.10. The highest BCUT2D eigenvalue weighted by molar-refractivity contribution is 5.75. The quantitative estimate of drug-likeness (QED) is 0.505. The average Bonchev–Trinajstić information content (AvgIpc) is 2.23. The van der Waals surface area contributed by atoms with Crippen LogP contribution in [0.15, 0.2) is 0 Å². The maximum atomic E-state index is 11.1. The van der Waals surface area contributed by atoms with Crippen LogP contribution in [-0.4, -0.2) is 50.6 Å². The van der Waals surface area contributed by atoms with Crippen molar-refractivity contribution in [3.63, 3.8) is 0 Å². The molecule has 0 saturated heterocycles. The van der Waals surface area contributed by atoms with Crippen LogP contribution < -0.4 is 5.32 Å². The summed E-state index contributed by atoms with van der Waals surface area (Å²) in [5.74, 6) is 0.00519. The van der Waals surface area contributed by atoms with Crippen LogP contribution in [0, 0.1) is 0 Å². The van der Waals surface area contributed by atoms with Crippen molar-refractivity contribution >= 4 is 5.91 Å². The Morgan fingerprint density at radius 3 is 2.73 bits per heavy atom. The summed E-state index contributed by atoms with van der Waals surface area (Å²) in [4.78, 5) is 11.1.